The third-order valence-corrected chi connectivity index (χ3v) is 5.64. The molecule has 150 valence electrons. The zero-order valence-corrected chi connectivity index (χ0v) is 17.4. The quantitative estimate of drug-likeness (QED) is 0.718. The molecule has 1 aliphatic rings. The summed E-state index contributed by atoms with van der Waals surface area (Å²) in [6, 6.07) is 9.59. The maximum atomic E-state index is 12.9. The number of para-hydroxylation sites is 1. The highest BCUT2D eigenvalue weighted by molar-refractivity contribution is 6.33. The number of benzene rings is 1. The van der Waals surface area contributed by atoms with Crippen LogP contribution >= 0.6 is 11.6 Å². The van der Waals surface area contributed by atoms with E-state index in [1.54, 1.807) is 13.8 Å². The van der Waals surface area contributed by atoms with E-state index in [-0.39, 0.29) is 28.7 Å². The standard InChI is InChI=1S/C21H26ClN3O3/c1-13-9-8-10-14(2)24(13)20(26)16(4)28-21(27)18-15(3)23-25(19(18)22)17-11-6-5-7-12-17/h5-7,11-14,16H,8-10H2,1-4H3/t13-,14+,16-/m0/s1. The highest BCUT2D eigenvalue weighted by Gasteiger charge is 2.34. The van der Waals surface area contributed by atoms with Crippen molar-refractivity contribution in [3.05, 3.63) is 46.7 Å². The lowest BCUT2D eigenvalue weighted by Crippen LogP contribution is -2.51. The molecule has 28 heavy (non-hydrogen) atoms. The Labute approximate surface area is 170 Å². The fourth-order valence-corrected chi connectivity index (χ4v) is 4.16. The normalized spacial score (nSPS) is 20.7. The Kier molecular flexibility index (Phi) is 6.08. The Balaban J connectivity index is 1.78. The number of piperidine rings is 1. The minimum atomic E-state index is -0.883. The maximum Gasteiger partial charge on any atom is 0.344 e. The fourth-order valence-electron chi connectivity index (χ4n) is 3.81. The van der Waals surface area contributed by atoms with E-state index in [9.17, 15) is 9.59 Å². The minimum absolute atomic E-state index is 0.142. The van der Waals surface area contributed by atoms with Gasteiger partial charge in [-0.1, -0.05) is 29.8 Å². The maximum absolute atomic E-state index is 12.9. The molecule has 3 atom stereocenters. The Bertz CT molecular complexity index is 855. The number of hydrogen-bond donors (Lipinski definition) is 0. The van der Waals surface area contributed by atoms with Crippen LogP contribution in [0, 0.1) is 6.92 Å². The molecule has 3 rings (SSSR count). The lowest BCUT2D eigenvalue weighted by molar-refractivity contribution is -0.146. The van der Waals surface area contributed by atoms with Crippen molar-refractivity contribution in [1.29, 1.82) is 0 Å². The molecule has 0 radical (unpaired) electrons. The molecule has 0 saturated carbocycles. The number of aryl methyl sites for hydroxylation is 1. The third kappa shape index (κ3) is 3.92. The number of ether oxygens (including phenoxy) is 1. The molecule has 0 N–H and O–H groups in total. The largest absolute Gasteiger partial charge is 0.449 e. The first-order chi connectivity index (χ1) is 13.3. The van der Waals surface area contributed by atoms with Gasteiger partial charge in [0.05, 0.1) is 11.4 Å². The van der Waals surface area contributed by atoms with Crippen molar-refractivity contribution in [2.75, 3.05) is 0 Å². The van der Waals surface area contributed by atoms with Crippen LogP contribution in [-0.4, -0.2) is 44.7 Å². The lowest BCUT2D eigenvalue weighted by Gasteiger charge is -2.40. The Hall–Kier alpha value is -2.34. The predicted octanol–water partition coefficient (Wildman–Crippen LogP) is 4.17. The van der Waals surface area contributed by atoms with Gasteiger partial charge in [-0.15, -0.1) is 0 Å². The number of aromatic nitrogens is 2. The summed E-state index contributed by atoms with van der Waals surface area (Å²) in [6.07, 6.45) is 2.15. The number of carbonyl (C=O) groups is 2. The van der Waals surface area contributed by atoms with Gasteiger partial charge in [0.15, 0.2) is 6.10 Å². The van der Waals surface area contributed by atoms with Crippen LogP contribution in [0.1, 0.15) is 56.1 Å². The molecule has 0 unspecified atom stereocenters. The zero-order valence-electron chi connectivity index (χ0n) is 16.7. The molecule has 6 nitrogen and oxygen atoms in total. The summed E-state index contributed by atoms with van der Waals surface area (Å²) in [5.41, 5.74) is 1.39. The Morgan fingerprint density at radius 3 is 2.39 bits per heavy atom. The highest BCUT2D eigenvalue weighted by Crippen LogP contribution is 2.26. The smallest absolute Gasteiger partial charge is 0.344 e. The van der Waals surface area contributed by atoms with Crippen LogP contribution in [-0.2, 0) is 9.53 Å². The third-order valence-electron chi connectivity index (χ3n) is 5.29. The van der Waals surface area contributed by atoms with E-state index in [0.717, 1.165) is 24.9 Å². The molecule has 2 heterocycles. The van der Waals surface area contributed by atoms with Crippen LogP contribution in [0.15, 0.2) is 30.3 Å². The molecule has 1 aromatic carbocycles. The van der Waals surface area contributed by atoms with E-state index in [1.165, 1.54) is 4.68 Å². The molecule has 0 aliphatic carbocycles. The van der Waals surface area contributed by atoms with E-state index < -0.39 is 12.1 Å². The van der Waals surface area contributed by atoms with Gasteiger partial charge >= 0.3 is 5.97 Å². The zero-order chi connectivity index (χ0) is 20.4. The monoisotopic (exact) mass is 403 g/mol. The molecule has 0 spiro atoms. The number of carbonyl (C=O) groups excluding carboxylic acids is 2. The number of esters is 1. The summed E-state index contributed by atoms with van der Waals surface area (Å²) in [4.78, 5) is 27.5. The Morgan fingerprint density at radius 2 is 1.79 bits per heavy atom. The highest BCUT2D eigenvalue weighted by atomic mass is 35.5. The van der Waals surface area contributed by atoms with Crippen molar-refractivity contribution in [3.8, 4) is 5.69 Å². The Morgan fingerprint density at radius 1 is 1.18 bits per heavy atom. The van der Waals surface area contributed by atoms with E-state index in [1.807, 2.05) is 49.1 Å². The van der Waals surface area contributed by atoms with Gasteiger partial charge in [-0.25, -0.2) is 9.48 Å². The first-order valence-corrected chi connectivity index (χ1v) is 10.0. The average molecular weight is 404 g/mol. The molecule has 1 saturated heterocycles. The number of halogens is 1. The summed E-state index contributed by atoms with van der Waals surface area (Å²) in [5.74, 6) is -0.805. The summed E-state index contributed by atoms with van der Waals surface area (Å²) in [7, 11) is 0. The first-order valence-electron chi connectivity index (χ1n) is 9.65. The van der Waals surface area contributed by atoms with E-state index in [0.29, 0.717) is 5.69 Å². The number of rotatable bonds is 4. The number of nitrogens with zero attached hydrogens (tertiary/aromatic N) is 3. The lowest BCUT2D eigenvalue weighted by atomic mass is 9.97. The fraction of sp³-hybridized carbons (Fsp3) is 0.476. The van der Waals surface area contributed by atoms with Crippen molar-refractivity contribution in [3.63, 3.8) is 0 Å². The molecule has 7 heteroatoms. The van der Waals surface area contributed by atoms with Crippen LogP contribution < -0.4 is 0 Å². The van der Waals surface area contributed by atoms with Crippen molar-refractivity contribution >= 4 is 23.5 Å². The van der Waals surface area contributed by atoms with Gasteiger partial charge in [-0.3, -0.25) is 4.79 Å². The number of likely N-dealkylation sites (tertiary alicyclic amines) is 1. The molecule has 1 amide bonds. The van der Waals surface area contributed by atoms with Crippen molar-refractivity contribution < 1.29 is 14.3 Å². The van der Waals surface area contributed by atoms with Crippen LogP contribution in [0.5, 0.6) is 0 Å². The number of hydrogen-bond acceptors (Lipinski definition) is 4. The molecular weight excluding hydrogens is 378 g/mol. The SMILES string of the molecule is Cc1nn(-c2ccccc2)c(Cl)c1C(=O)O[C@@H](C)C(=O)N1[C@H](C)CCC[C@@H]1C. The van der Waals surface area contributed by atoms with E-state index in [2.05, 4.69) is 5.10 Å². The summed E-state index contributed by atoms with van der Waals surface area (Å²) < 4.78 is 6.99. The van der Waals surface area contributed by atoms with Gasteiger partial charge in [0.2, 0.25) is 0 Å². The number of amides is 1. The van der Waals surface area contributed by atoms with Crippen molar-refractivity contribution in [2.24, 2.45) is 0 Å². The first kappa shape index (κ1) is 20.4. The molecule has 0 bridgehead atoms. The average Bonchev–Trinajstić information content (AvgIpc) is 2.96. The van der Waals surface area contributed by atoms with Gasteiger partial charge in [0, 0.05) is 12.1 Å². The molecular formula is C21H26ClN3O3. The predicted molar refractivity (Wildman–Crippen MR) is 108 cm³/mol. The molecule has 1 aromatic heterocycles. The summed E-state index contributed by atoms with van der Waals surface area (Å²) >= 11 is 6.42. The van der Waals surface area contributed by atoms with Gasteiger partial charge in [0.25, 0.3) is 5.91 Å². The van der Waals surface area contributed by atoms with Gasteiger partial charge in [-0.05, 0) is 59.1 Å². The van der Waals surface area contributed by atoms with E-state index >= 15 is 0 Å². The second kappa shape index (κ2) is 8.35. The van der Waals surface area contributed by atoms with Crippen LogP contribution in [0.25, 0.3) is 5.69 Å². The van der Waals surface area contributed by atoms with E-state index in [4.69, 9.17) is 16.3 Å². The van der Waals surface area contributed by atoms with Crippen LogP contribution in [0.2, 0.25) is 5.15 Å². The van der Waals surface area contributed by atoms with Crippen LogP contribution in [0.4, 0.5) is 0 Å². The van der Waals surface area contributed by atoms with Gasteiger partial charge in [-0.2, -0.15) is 5.10 Å². The second-order valence-corrected chi connectivity index (χ2v) is 7.78. The van der Waals surface area contributed by atoms with Crippen molar-refractivity contribution in [2.45, 2.75) is 65.1 Å². The second-order valence-electron chi connectivity index (χ2n) is 7.42. The summed E-state index contributed by atoms with van der Waals surface area (Å²) in [6.45, 7) is 7.38. The van der Waals surface area contributed by atoms with Crippen molar-refractivity contribution in [1.82, 2.24) is 14.7 Å². The van der Waals surface area contributed by atoms with Gasteiger partial charge in [0.1, 0.15) is 10.7 Å². The minimum Gasteiger partial charge on any atom is -0.449 e. The van der Waals surface area contributed by atoms with Gasteiger partial charge < -0.3 is 9.64 Å². The summed E-state index contributed by atoms with van der Waals surface area (Å²) in [5, 5.41) is 4.53. The van der Waals surface area contributed by atoms with Crippen LogP contribution in [0.3, 0.4) is 0 Å². The molecule has 2 aromatic rings. The molecule has 1 aliphatic heterocycles. The molecule has 1 fully saturated rings. The topological polar surface area (TPSA) is 64.4 Å².